The highest BCUT2D eigenvalue weighted by Crippen LogP contribution is 2.53. The molecule has 0 saturated heterocycles. The molecule has 0 bridgehead atoms. The number of benzene rings is 3. The van der Waals surface area contributed by atoms with E-state index in [1.54, 1.807) is 18.2 Å². The number of nitriles is 1. The van der Waals surface area contributed by atoms with E-state index in [9.17, 15) is 20.2 Å². The minimum Gasteiger partial charge on any atom is -0.496 e. The molecule has 1 unspecified atom stereocenters. The van der Waals surface area contributed by atoms with Crippen LogP contribution in [0.25, 0.3) is 10.1 Å². The fourth-order valence-corrected chi connectivity index (χ4v) is 5.37. The lowest BCUT2D eigenvalue weighted by atomic mass is 9.87. The third kappa shape index (κ3) is 3.77. The molecule has 3 aromatic carbocycles. The Morgan fingerprint density at radius 1 is 1.17 bits per heavy atom. The minimum atomic E-state index is -0.900. The van der Waals surface area contributed by atoms with Crippen molar-refractivity contribution in [1.29, 1.82) is 5.26 Å². The Hall–Kier alpha value is -4.88. The van der Waals surface area contributed by atoms with Crippen LogP contribution in [-0.2, 0) is 0 Å². The first-order chi connectivity index (χ1) is 17.4. The molecule has 1 aliphatic rings. The van der Waals surface area contributed by atoms with Crippen LogP contribution in [0.2, 0.25) is 0 Å². The number of ether oxygens (including phenoxy) is 3. The van der Waals surface area contributed by atoms with Gasteiger partial charge in [-0.25, -0.2) is 4.79 Å². The predicted octanol–water partition coefficient (Wildman–Crippen LogP) is 5.26. The topological polar surface area (TPSA) is 138 Å². The predicted molar refractivity (Wildman–Crippen MR) is 132 cm³/mol. The SMILES string of the molecule is COc1cc(C2C(C#N)=C(N)Oc3c2sc2ccccc32)c(OC(=O)c2ccccc2)c([N+](=O)[O-])c1. The first-order valence-electron chi connectivity index (χ1n) is 10.7. The lowest BCUT2D eigenvalue weighted by Crippen LogP contribution is -2.21. The fraction of sp³-hybridized carbons (Fsp3) is 0.0769. The molecule has 0 spiro atoms. The van der Waals surface area contributed by atoms with Gasteiger partial charge in [0.15, 0.2) is 5.75 Å². The number of fused-ring (bicyclic) bond motifs is 3. The molecule has 178 valence electrons. The number of carbonyl (C=O) groups excluding carboxylic acids is 1. The first-order valence-corrected chi connectivity index (χ1v) is 11.5. The number of nitrogens with zero attached hydrogens (tertiary/aromatic N) is 2. The number of hydrogen-bond acceptors (Lipinski definition) is 9. The van der Waals surface area contributed by atoms with E-state index in [4.69, 9.17) is 19.9 Å². The highest BCUT2D eigenvalue weighted by atomic mass is 32.1. The Morgan fingerprint density at radius 2 is 1.89 bits per heavy atom. The van der Waals surface area contributed by atoms with Crippen LogP contribution in [0.3, 0.4) is 0 Å². The molecule has 0 amide bonds. The largest absolute Gasteiger partial charge is 0.496 e. The summed E-state index contributed by atoms with van der Waals surface area (Å²) in [5.74, 6) is -1.52. The molecule has 9 nitrogen and oxygen atoms in total. The maximum atomic E-state index is 13.0. The summed E-state index contributed by atoms with van der Waals surface area (Å²) >= 11 is 1.36. The zero-order chi connectivity index (χ0) is 25.4. The Bertz CT molecular complexity index is 1600. The van der Waals surface area contributed by atoms with Crippen LogP contribution in [0.4, 0.5) is 5.69 Å². The van der Waals surface area contributed by atoms with Gasteiger partial charge in [-0.05, 0) is 30.3 Å². The lowest BCUT2D eigenvalue weighted by molar-refractivity contribution is -0.385. The van der Waals surface area contributed by atoms with E-state index in [0.717, 1.165) is 10.1 Å². The van der Waals surface area contributed by atoms with Gasteiger partial charge in [0, 0.05) is 15.6 Å². The molecular weight excluding hydrogens is 482 g/mol. The van der Waals surface area contributed by atoms with E-state index in [0.29, 0.717) is 10.6 Å². The Labute approximate surface area is 208 Å². The normalized spacial score (nSPS) is 14.5. The van der Waals surface area contributed by atoms with Gasteiger partial charge in [0.1, 0.15) is 17.4 Å². The van der Waals surface area contributed by atoms with Gasteiger partial charge in [-0.15, -0.1) is 11.3 Å². The van der Waals surface area contributed by atoms with E-state index < -0.39 is 22.5 Å². The molecule has 1 aromatic heterocycles. The average molecular weight is 500 g/mol. The Morgan fingerprint density at radius 3 is 2.58 bits per heavy atom. The number of carbonyl (C=O) groups is 1. The number of allylic oxidation sites excluding steroid dienone is 1. The zero-order valence-corrected chi connectivity index (χ0v) is 19.6. The van der Waals surface area contributed by atoms with Crippen LogP contribution < -0.4 is 19.9 Å². The van der Waals surface area contributed by atoms with Crippen LogP contribution in [-0.4, -0.2) is 18.0 Å². The molecule has 1 aliphatic heterocycles. The lowest BCUT2D eigenvalue weighted by Gasteiger charge is -2.25. The number of esters is 1. The van der Waals surface area contributed by atoms with Gasteiger partial charge in [-0.1, -0.05) is 30.3 Å². The average Bonchev–Trinajstić information content (AvgIpc) is 3.26. The van der Waals surface area contributed by atoms with Gasteiger partial charge >= 0.3 is 11.7 Å². The second-order valence-electron chi connectivity index (χ2n) is 7.79. The summed E-state index contributed by atoms with van der Waals surface area (Å²) in [7, 11) is 1.36. The number of methoxy groups -OCH3 is 1. The van der Waals surface area contributed by atoms with E-state index in [2.05, 4.69) is 6.07 Å². The van der Waals surface area contributed by atoms with Crippen molar-refractivity contribution in [1.82, 2.24) is 0 Å². The van der Waals surface area contributed by atoms with Crippen molar-refractivity contribution in [2.24, 2.45) is 5.73 Å². The maximum Gasteiger partial charge on any atom is 0.343 e. The van der Waals surface area contributed by atoms with E-state index >= 15 is 0 Å². The van der Waals surface area contributed by atoms with Gasteiger partial charge < -0.3 is 19.9 Å². The molecule has 36 heavy (non-hydrogen) atoms. The summed E-state index contributed by atoms with van der Waals surface area (Å²) in [5.41, 5.74) is 6.10. The molecular formula is C26H17N3O6S. The number of rotatable bonds is 5. The summed E-state index contributed by atoms with van der Waals surface area (Å²) in [5, 5.41) is 22.9. The van der Waals surface area contributed by atoms with Crippen molar-refractivity contribution in [2.45, 2.75) is 5.92 Å². The second kappa shape index (κ2) is 9.05. The molecule has 2 N–H and O–H groups in total. The highest BCUT2D eigenvalue weighted by molar-refractivity contribution is 7.19. The molecule has 2 heterocycles. The molecule has 4 aromatic rings. The smallest absolute Gasteiger partial charge is 0.343 e. The first kappa shape index (κ1) is 22.9. The fourth-order valence-electron chi connectivity index (χ4n) is 4.10. The van der Waals surface area contributed by atoms with E-state index in [1.165, 1.54) is 42.7 Å². The van der Waals surface area contributed by atoms with E-state index in [1.807, 2.05) is 24.3 Å². The van der Waals surface area contributed by atoms with Crippen molar-refractivity contribution in [3.63, 3.8) is 0 Å². The van der Waals surface area contributed by atoms with Crippen LogP contribution in [0, 0.1) is 21.4 Å². The molecule has 0 radical (unpaired) electrons. The summed E-state index contributed by atoms with van der Waals surface area (Å²) in [4.78, 5) is 25.0. The van der Waals surface area contributed by atoms with Gasteiger partial charge in [-0.2, -0.15) is 5.26 Å². The number of nitro benzene ring substituents is 1. The maximum absolute atomic E-state index is 13.0. The number of nitrogens with two attached hydrogens (primary N) is 1. The summed E-state index contributed by atoms with van der Waals surface area (Å²) in [6.07, 6.45) is 0. The molecule has 5 rings (SSSR count). The van der Waals surface area contributed by atoms with Crippen molar-refractivity contribution < 1.29 is 23.9 Å². The summed E-state index contributed by atoms with van der Waals surface area (Å²) in [6, 6.07) is 20.3. The standard InChI is InChI=1S/C26H17N3O6S/c1-33-15-11-17(22(19(12-15)29(31)32)35-26(30)14-7-3-2-4-8-14)21-18(13-27)25(28)34-23-16-9-5-6-10-20(16)36-24(21)23/h2-12,21H,28H2,1H3. The monoisotopic (exact) mass is 499 g/mol. The van der Waals surface area contributed by atoms with Crippen molar-refractivity contribution in [2.75, 3.05) is 7.11 Å². The highest BCUT2D eigenvalue weighted by Gasteiger charge is 2.39. The van der Waals surface area contributed by atoms with E-state index in [-0.39, 0.29) is 34.1 Å². The second-order valence-corrected chi connectivity index (χ2v) is 8.88. The molecule has 0 saturated carbocycles. The van der Waals surface area contributed by atoms with Gasteiger partial charge in [0.05, 0.1) is 34.5 Å². The van der Waals surface area contributed by atoms with Crippen LogP contribution in [0.5, 0.6) is 17.2 Å². The third-order valence-electron chi connectivity index (χ3n) is 5.74. The zero-order valence-electron chi connectivity index (χ0n) is 18.8. The molecule has 1 atom stereocenters. The Balaban J connectivity index is 1.78. The minimum absolute atomic E-state index is 0.0358. The van der Waals surface area contributed by atoms with Gasteiger partial charge in [0.2, 0.25) is 11.6 Å². The number of thiophene rings is 1. The van der Waals surface area contributed by atoms with Crippen molar-refractivity contribution in [3.05, 3.63) is 104 Å². The number of hydrogen-bond donors (Lipinski definition) is 1. The number of nitro groups is 1. The van der Waals surface area contributed by atoms with Crippen LogP contribution in [0.1, 0.15) is 26.7 Å². The Kier molecular flexibility index (Phi) is 5.76. The van der Waals surface area contributed by atoms with Crippen molar-refractivity contribution in [3.8, 4) is 23.3 Å². The molecule has 0 aliphatic carbocycles. The summed E-state index contributed by atoms with van der Waals surface area (Å²) < 4.78 is 17.7. The van der Waals surface area contributed by atoms with Crippen LogP contribution >= 0.6 is 11.3 Å². The van der Waals surface area contributed by atoms with Gasteiger partial charge in [0.25, 0.3) is 0 Å². The van der Waals surface area contributed by atoms with Gasteiger partial charge in [-0.3, -0.25) is 10.1 Å². The van der Waals surface area contributed by atoms with Crippen molar-refractivity contribution >= 4 is 33.1 Å². The summed E-state index contributed by atoms with van der Waals surface area (Å²) in [6.45, 7) is 0. The molecule has 0 fully saturated rings. The quantitative estimate of drug-likeness (QED) is 0.170. The van der Waals surface area contributed by atoms with Crippen LogP contribution in [0.15, 0.2) is 78.2 Å². The molecule has 10 heteroatoms. The third-order valence-corrected chi connectivity index (χ3v) is 6.96.